The monoisotopic (exact) mass is 482 g/mol. The van der Waals surface area contributed by atoms with Crippen molar-refractivity contribution in [3.63, 3.8) is 0 Å². The molecule has 0 bridgehead atoms. The number of ketones is 1. The van der Waals surface area contributed by atoms with Crippen molar-refractivity contribution in [3.8, 4) is 0 Å². The predicted molar refractivity (Wildman–Crippen MR) is 144 cm³/mol. The van der Waals surface area contributed by atoms with E-state index in [-0.39, 0.29) is 5.78 Å². The van der Waals surface area contributed by atoms with E-state index in [9.17, 15) is 9.59 Å². The second-order valence-electron chi connectivity index (χ2n) is 10.3. The first-order valence-corrected chi connectivity index (χ1v) is 13.8. The molecule has 1 atom stereocenters. The third-order valence-electron chi connectivity index (χ3n) is 7.86. The normalized spacial score (nSPS) is 19.7. The maximum Gasteiger partial charge on any atom is 0.225 e. The molecule has 2 aromatic rings. The number of carbonyl (C=O) groups excluding carboxylic acids is 2. The Kier molecular flexibility index (Phi) is 9.97. The number of carbonyl (C=O) groups is 2. The third-order valence-corrected chi connectivity index (χ3v) is 7.86. The number of hydrogen-bond donors (Lipinski definition) is 0. The standard InChI is InChI=1S/C20H25NO2.C8H15NO.C2H6/c1-13(22)15-3-5-19-17(11-15)18-12-16(4-6-20(18)21(19)2)14-7-9-23-10-8-14;1-3-6-9(2)8(10)7-4-5-7;1-2/h3,5,11,14,16H,4,6-10,12H2,1-2H3;7H,3-6H2,1-2H3;1-2H3. The summed E-state index contributed by atoms with van der Waals surface area (Å²) in [5.74, 6) is 2.47. The van der Waals surface area contributed by atoms with Crippen molar-refractivity contribution < 1.29 is 14.3 Å². The molecule has 194 valence electrons. The predicted octanol–water partition coefficient (Wildman–Crippen LogP) is 6.20. The summed E-state index contributed by atoms with van der Waals surface area (Å²) < 4.78 is 7.88. The van der Waals surface area contributed by atoms with Gasteiger partial charge in [-0.25, -0.2) is 0 Å². The van der Waals surface area contributed by atoms with Crippen LogP contribution in [0.1, 0.15) is 87.8 Å². The van der Waals surface area contributed by atoms with Crippen LogP contribution in [-0.2, 0) is 29.4 Å². The Balaban J connectivity index is 0.000000240. The molecular weight excluding hydrogens is 436 g/mol. The maximum absolute atomic E-state index is 11.8. The zero-order chi connectivity index (χ0) is 25.5. The van der Waals surface area contributed by atoms with Gasteiger partial charge in [-0.05, 0) is 93.9 Å². The number of aryl methyl sites for hydroxylation is 1. The molecule has 1 aromatic heterocycles. The summed E-state index contributed by atoms with van der Waals surface area (Å²) in [5.41, 5.74) is 5.07. The Bertz CT molecular complexity index is 999. The molecule has 0 spiro atoms. The SMILES string of the molecule is CC.CC(=O)c1ccc2c(c1)c1c(n2C)CCC(C2CCOCC2)C1.CCCN(C)C(=O)C1CC1. The summed E-state index contributed by atoms with van der Waals surface area (Å²) >= 11 is 0. The number of hydrogen-bond acceptors (Lipinski definition) is 3. The Morgan fingerprint density at radius 2 is 1.74 bits per heavy atom. The van der Waals surface area contributed by atoms with Gasteiger partial charge in [0.2, 0.25) is 5.91 Å². The number of ether oxygens (including phenoxy) is 1. The molecule has 2 aliphatic carbocycles. The highest BCUT2D eigenvalue weighted by Gasteiger charge is 2.32. The van der Waals surface area contributed by atoms with Gasteiger partial charge in [-0.15, -0.1) is 0 Å². The molecule has 2 heterocycles. The van der Waals surface area contributed by atoms with E-state index in [1.807, 2.05) is 31.9 Å². The minimum absolute atomic E-state index is 0.154. The maximum atomic E-state index is 11.8. The van der Waals surface area contributed by atoms with Crippen molar-refractivity contribution >= 4 is 22.6 Å². The van der Waals surface area contributed by atoms with Gasteiger partial charge < -0.3 is 14.2 Å². The smallest absolute Gasteiger partial charge is 0.225 e. The van der Waals surface area contributed by atoms with Crippen LogP contribution < -0.4 is 0 Å². The fourth-order valence-corrected chi connectivity index (χ4v) is 5.70. The lowest BCUT2D eigenvalue weighted by atomic mass is 9.75. The number of amides is 1. The average Bonchev–Trinajstić information content (AvgIpc) is 3.71. The van der Waals surface area contributed by atoms with E-state index in [0.29, 0.717) is 11.8 Å². The van der Waals surface area contributed by atoms with E-state index in [0.717, 1.165) is 62.8 Å². The molecule has 5 nitrogen and oxygen atoms in total. The molecule has 1 unspecified atom stereocenters. The summed E-state index contributed by atoms with van der Waals surface area (Å²) in [7, 11) is 4.06. The molecule has 5 rings (SSSR count). The summed E-state index contributed by atoms with van der Waals surface area (Å²) in [6.07, 6.45) is 9.35. The zero-order valence-corrected chi connectivity index (χ0v) is 22.9. The molecule has 1 aromatic carbocycles. The number of Topliss-reactive ketones (excluding diaryl/α,β-unsaturated/α-hetero) is 1. The van der Waals surface area contributed by atoms with Gasteiger partial charge in [0.05, 0.1) is 0 Å². The average molecular weight is 483 g/mol. The summed E-state index contributed by atoms with van der Waals surface area (Å²) in [6.45, 7) is 10.5. The van der Waals surface area contributed by atoms with Crippen LogP contribution in [-0.4, -0.2) is 48.0 Å². The van der Waals surface area contributed by atoms with Crippen LogP contribution in [0.25, 0.3) is 10.9 Å². The fraction of sp³-hybridized carbons (Fsp3) is 0.667. The Hall–Kier alpha value is -2.14. The fourth-order valence-electron chi connectivity index (χ4n) is 5.70. The number of rotatable bonds is 5. The zero-order valence-electron chi connectivity index (χ0n) is 22.9. The van der Waals surface area contributed by atoms with Crippen molar-refractivity contribution in [3.05, 3.63) is 35.0 Å². The van der Waals surface area contributed by atoms with Crippen molar-refractivity contribution in [1.82, 2.24) is 9.47 Å². The highest BCUT2D eigenvalue weighted by molar-refractivity contribution is 5.99. The van der Waals surface area contributed by atoms with Gasteiger partial charge in [-0.1, -0.05) is 20.8 Å². The van der Waals surface area contributed by atoms with Crippen LogP contribution in [0, 0.1) is 17.8 Å². The lowest BCUT2D eigenvalue weighted by Crippen LogP contribution is -2.28. The van der Waals surface area contributed by atoms with Gasteiger partial charge in [-0.3, -0.25) is 9.59 Å². The third kappa shape index (κ3) is 6.55. The van der Waals surface area contributed by atoms with E-state index in [1.54, 1.807) is 6.92 Å². The van der Waals surface area contributed by atoms with E-state index in [4.69, 9.17) is 4.74 Å². The van der Waals surface area contributed by atoms with Gasteiger partial charge in [0, 0.05) is 61.9 Å². The molecular formula is C30H46N2O3. The lowest BCUT2D eigenvalue weighted by Gasteiger charge is -2.33. The first kappa shape index (κ1) is 27.4. The van der Waals surface area contributed by atoms with Gasteiger partial charge in [0.25, 0.3) is 0 Å². The van der Waals surface area contributed by atoms with E-state index >= 15 is 0 Å². The van der Waals surface area contributed by atoms with Crippen molar-refractivity contribution in [2.45, 2.75) is 79.1 Å². The summed E-state index contributed by atoms with van der Waals surface area (Å²) in [6, 6.07) is 6.20. The first-order chi connectivity index (χ1) is 16.9. The minimum atomic E-state index is 0.154. The quantitative estimate of drug-likeness (QED) is 0.477. The van der Waals surface area contributed by atoms with Crippen LogP contribution in [0.4, 0.5) is 0 Å². The Morgan fingerprint density at radius 1 is 1.06 bits per heavy atom. The molecule has 5 heteroatoms. The van der Waals surface area contributed by atoms with Crippen molar-refractivity contribution in [2.24, 2.45) is 24.8 Å². The largest absolute Gasteiger partial charge is 0.381 e. The van der Waals surface area contributed by atoms with E-state index < -0.39 is 0 Å². The molecule has 2 fully saturated rings. The second kappa shape index (κ2) is 12.7. The second-order valence-corrected chi connectivity index (χ2v) is 10.3. The molecule has 1 amide bonds. The minimum Gasteiger partial charge on any atom is -0.381 e. The van der Waals surface area contributed by atoms with Crippen LogP contribution in [0.2, 0.25) is 0 Å². The van der Waals surface area contributed by atoms with E-state index in [1.165, 1.54) is 47.8 Å². The number of aromatic nitrogens is 1. The van der Waals surface area contributed by atoms with Crippen molar-refractivity contribution in [2.75, 3.05) is 26.8 Å². The molecule has 1 saturated heterocycles. The number of benzene rings is 1. The molecule has 0 N–H and O–H groups in total. The summed E-state index contributed by atoms with van der Waals surface area (Å²) in [4.78, 5) is 24.8. The van der Waals surface area contributed by atoms with Crippen LogP contribution in [0.15, 0.2) is 18.2 Å². The lowest BCUT2D eigenvalue weighted by molar-refractivity contribution is -0.131. The molecule has 1 saturated carbocycles. The molecule has 3 aliphatic rings. The molecule has 1 aliphatic heterocycles. The summed E-state index contributed by atoms with van der Waals surface area (Å²) in [5, 5.41) is 1.30. The first-order valence-electron chi connectivity index (χ1n) is 13.8. The molecule has 35 heavy (non-hydrogen) atoms. The number of nitrogens with zero attached hydrogens (tertiary/aromatic N) is 2. The van der Waals surface area contributed by atoms with Gasteiger partial charge in [0.1, 0.15) is 0 Å². The van der Waals surface area contributed by atoms with Gasteiger partial charge >= 0.3 is 0 Å². The highest BCUT2D eigenvalue weighted by atomic mass is 16.5. The van der Waals surface area contributed by atoms with Crippen molar-refractivity contribution in [1.29, 1.82) is 0 Å². The number of fused-ring (bicyclic) bond motifs is 3. The van der Waals surface area contributed by atoms with Crippen LogP contribution in [0.5, 0.6) is 0 Å². The highest BCUT2D eigenvalue weighted by Crippen LogP contribution is 2.39. The molecule has 0 radical (unpaired) electrons. The van der Waals surface area contributed by atoms with Gasteiger partial charge in [0.15, 0.2) is 5.78 Å². The van der Waals surface area contributed by atoms with Crippen LogP contribution in [0.3, 0.4) is 0 Å². The Morgan fingerprint density at radius 3 is 2.34 bits per heavy atom. The van der Waals surface area contributed by atoms with E-state index in [2.05, 4.69) is 30.7 Å². The van der Waals surface area contributed by atoms with Gasteiger partial charge in [-0.2, -0.15) is 0 Å². The van der Waals surface area contributed by atoms with Crippen LogP contribution >= 0.6 is 0 Å². The topological polar surface area (TPSA) is 51.5 Å². The Labute approximate surface area is 212 Å².